The summed E-state index contributed by atoms with van der Waals surface area (Å²) in [5, 5.41) is 3.11. The normalized spacial score (nSPS) is 21.0. The highest BCUT2D eigenvalue weighted by Gasteiger charge is 2.33. The van der Waals surface area contributed by atoms with Crippen LogP contribution in [0.15, 0.2) is 18.2 Å². The second-order valence-electron chi connectivity index (χ2n) is 7.07. The number of aromatic nitrogens is 1. The van der Waals surface area contributed by atoms with E-state index in [1.54, 1.807) is 6.07 Å². The monoisotopic (exact) mass is 370 g/mol. The first kappa shape index (κ1) is 18.9. The van der Waals surface area contributed by atoms with E-state index in [9.17, 15) is 18.0 Å². The van der Waals surface area contributed by atoms with Crippen LogP contribution in [-0.4, -0.2) is 54.1 Å². The van der Waals surface area contributed by atoms with E-state index in [1.165, 1.54) is 18.9 Å². The molecule has 1 saturated heterocycles. The zero-order valence-electron chi connectivity index (χ0n) is 14.9. The van der Waals surface area contributed by atoms with Crippen molar-refractivity contribution in [1.29, 1.82) is 0 Å². The summed E-state index contributed by atoms with van der Waals surface area (Å²) in [6, 6.07) is 4.03. The Balaban J connectivity index is 1.54. The van der Waals surface area contributed by atoms with Gasteiger partial charge in [0.1, 0.15) is 11.5 Å². The number of amides is 1. The summed E-state index contributed by atoms with van der Waals surface area (Å²) in [6.45, 7) is 4.24. The Morgan fingerprint density at radius 1 is 1.19 bits per heavy atom. The van der Waals surface area contributed by atoms with Gasteiger partial charge < -0.3 is 10.2 Å². The van der Waals surface area contributed by atoms with Crippen LogP contribution in [0, 0.1) is 0 Å². The molecule has 0 aromatic carbocycles. The molecule has 2 heterocycles. The van der Waals surface area contributed by atoms with E-state index in [-0.39, 0.29) is 11.9 Å². The van der Waals surface area contributed by atoms with Crippen molar-refractivity contribution >= 4 is 11.7 Å². The number of carbonyl (C=O) groups excluding carboxylic acids is 1. The SMILES string of the molecule is CC(C(=O)NC1CCCC1)N1CCN(c2cccc(C(F)(F)F)n2)CC1. The largest absolute Gasteiger partial charge is 0.433 e. The molecule has 1 aliphatic carbocycles. The number of nitrogens with one attached hydrogen (secondary N) is 1. The maximum Gasteiger partial charge on any atom is 0.433 e. The Morgan fingerprint density at radius 2 is 1.85 bits per heavy atom. The molecule has 0 bridgehead atoms. The van der Waals surface area contributed by atoms with Crippen molar-refractivity contribution < 1.29 is 18.0 Å². The molecule has 0 radical (unpaired) electrons. The zero-order chi connectivity index (χ0) is 18.7. The van der Waals surface area contributed by atoms with Crippen LogP contribution >= 0.6 is 0 Å². The van der Waals surface area contributed by atoms with Crippen LogP contribution < -0.4 is 10.2 Å². The van der Waals surface area contributed by atoms with Crippen molar-refractivity contribution in [3.05, 3.63) is 23.9 Å². The number of halogens is 3. The summed E-state index contributed by atoms with van der Waals surface area (Å²) in [4.78, 5) is 20.1. The predicted octanol–water partition coefficient (Wildman–Crippen LogP) is 2.67. The van der Waals surface area contributed by atoms with Crippen LogP contribution in [0.3, 0.4) is 0 Å². The van der Waals surface area contributed by atoms with Gasteiger partial charge in [-0.3, -0.25) is 9.69 Å². The van der Waals surface area contributed by atoms with E-state index in [0.29, 0.717) is 38.0 Å². The van der Waals surface area contributed by atoms with Crippen LogP contribution in [0.4, 0.5) is 19.0 Å². The molecule has 0 spiro atoms. The second kappa shape index (κ2) is 7.82. The van der Waals surface area contributed by atoms with Gasteiger partial charge in [0, 0.05) is 32.2 Å². The highest BCUT2D eigenvalue weighted by Crippen LogP contribution is 2.29. The molecule has 144 valence electrons. The Bertz CT molecular complexity index is 623. The molecule has 2 aliphatic rings. The smallest absolute Gasteiger partial charge is 0.354 e. The molecule has 1 amide bonds. The average Bonchev–Trinajstić information content (AvgIpc) is 3.13. The van der Waals surface area contributed by atoms with Gasteiger partial charge in [0.25, 0.3) is 0 Å². The average molecular weight is 370 g/mol. The molecule has 26 heavy (non-hydrogen) atoms. The van der Waals surface area contributed by atoms with E-state index in [4.69, 9.17) is 0 Å². The molecule has 1 aromatic heterocycles. The van der Waals surface area contributed by atoms with Gasteiger partial charge in [0.2, 0.25) is 5.91 Å². The third-order valence-electron chi connectivity index (χ3n) is 5.29. The first-order valence-corrected chi connectivity index (χ1v) is 9.18. The molecule has 1 saturated carbocycles. The van der Waals surface area contributed by atoms with Crippen LogP contribution in [0.5, 0.6) is 0 Å². The number of nitrogens with zero attached hydrogens (tertiary/aromatic N) is 3. The van der Waals surface area contributed by atoms with Crippen molar-refractivity contribution in [2.75, 3.05) is 31.1 Å². The summed E-state index contributed by atoms with van der Waals surface area (Å²) in [7, 11) is 0. The Morgan fingerprint density at radius 3 is 2.46 bits per heavy atom. The van der Waals surface area contributed by atoms with E-state index in [1.807, 2.05) is 11.8 Å². The quantitative estimate of drug-likeness (QED) is 0.885. The number of carbonyl (C=O) groups is 1. The molecule has 2 fully saturated rings. The van der Waals surface area contributed by atoms with E-state index in [0.717, 1.165) is 18.9 Å². The third-order valence-corrected chi connectivity index (χ3v) is 5.29. The van der Waals surface area contributed by atoms with Gasteiger partial charge in [-0.2, -0.15) is 13.2 Å². The molecule has 8 heteroatoms. The van der Waals surface area contributed by atoms with E-state index < -0.39 is 11.9 Å². The number of hydrogen-bond donors (Lipinski definition) is 1. The van der Waals surface area contributed by atoms with Crippen LogP contribution in [0.1, 0.15) is 38.3 Å². The summed E-state index contributed by atoms with van der Waals surface area (Å²) >= 11 is 0. The number of alkyl halides is 3. The molecule has 3 rings (SSSR count). The van der Waals surface area contributed by atoms with Crippen molar-refractivity contribution in [3.8, 4) is 0 Å². The molecule has 1 unspecified atom stereocenters. The molecule has 1 atom stereocenters. The fraction of sp³-hybridized carbons (Fsp3) is 0.667. The van der Waals surface area contributed by atoms with Gasteiger partial charge in [-0.15, -0.1) is 0 Å². The lowest BCUT2D eigenvalue weighted by molar-refractivity contribution is -0.141. The van der Waals surface area contributed by atoms with Gasteiger partial charge in [-0.25, -0.2) is 4.98 Å². The first-order chi connectivity index (χ1) is 12.3. The molecule has 1 aromatic rings. The second-order valence-corrected chi connectivity index (χ2v) is 7.07. The zero-order valence-corrected chi connectivity index (χ0v) is 14.9. The van der Waals surface area contributed by atoms with Gasteiger partial charge >= 0.3 is 6.18 Å². The standard InChI is InChI=1S/C18H25F3N4O/c1-13(17(26)22-14-5-2-3-6-14)24-9-11-25(12-10-24)16-8-4-7-15(23-16)18(19,20)21/h4,7-8,13-14H,2-3,5-6,9-12H2,1H3,(H,22,26). The summed E-state index contributed by atoms with van der Waals surface area (Å²) in [5.74, 6) is 0.380. The van der Waals surface area contributed by atoms with E-state index >= 15 is 0 Å². The number of rotatable bonds is 4. The first-order valence-electron chi connectivity index (χ1n) is 9.18. The van der Waals surface area contributed by atoms with Crippen molar-refractivity contribution in [1.82, 2.24) is 15.2 Å². The number of anilines is 1. The maximum absolute atomic E-state index is 12.8. The van der Waals surface area contributed by atoms with Crippen LogP contribution in [0.25, 0.3) is 0 Å². The Kier molecular flexibility index (Phi) is 5.70. The number of piperazine rings is 1. The van der Waals surface area contributed by atoms with Crippen molar-refractivity contribution in [2.24, 2.45) is 0 Å². The lowest BCUT2D eigenvalue weighted by Crippen LogP contribution is -2.55. The summed E-state index contributed by atoms with van der Waals surface area (Å²) < 4.78 is 38.5. The minimum absolute atomic E-state index is 0.0440. The number of hydrogen-bond acceptors (Lipinski definition) is 4. The molecule has 1 N–H and O–H groups in total. The van der Waals surface area contributed by atoms with E-state index in [2.05, 4.69) is 15.2 Å². The van der Waals surface area contributed by atoms with Crippen molar-refractivity contribution in [2.45, 2.75) is 50.9 Å². The lowest BCUT2D eigenvalue weighted by atomic mass is 10.2. The summed E-state index contributed by atoms with van der Waals surface area (Å²) in [6.07, 6.45) is -0.00440. The van der Waals surface area contributed by atoms with Gasteiger partial charge in [0.15, 0.2) is 0 Å². The van der Waals surface area contributed by atoms with Gasteiger partial charge in [0.05, 0.1) is 6.04 Å². The Hall–Kier alpha value is -1.83. The van der Waals surface area contributed by atoms with Gasteiger partial charge in [-0.05, 0) is 31.9 Å². The highest BCUT2D eigenvalue weighted by atomic mass is 19.4. The molecular formula is C18H25F3N4O. The molecule has 1 aliphatic heterocycles. The summed E-state index contributed by atoms with van der Waals surface area (Å²) in [5.41, 5.74) is -0.873. The topological polar surface area (TPSA) is 48.5 Å². The van der Waals surface area contributed by atoms with Crippen molar-refractivity contribution in [3.63, 3.8) is 0 Å². The highest BCUT2D eigenvalue weighted by molar-refractivity contribution is 5.81. The third kappa shape index (κ3) is 4.47. The van der Waals surface area contributed by atoms with Gasteiger partial charge in [-0.1, -0.05) is 18.9 Å². The minimum atomic E-state index is -4.44. The Labute approximate surface area is 151 Å². The fourth-order valence-corrected chi connectivity index (χ4v) is 3.65. The predicted molar refractivity (Wildman–Crippen MR) is 92.9 cm³/mol. The lowest BCUT2D eigenvalue weighted by Gasteiger charge is -2.38. The van der Waals surface area contributed by atoms with Crippen LogP contribution in [-0.2, 0) is 11.0 Å². The van der Waals surface area contributed by atoms with Crippen LogP contribution in [0.2, 0.25) is 0 Å². The minimum Gasteiger partial charge on any atom is -0.354 e. The maximum atomic E-state index is 12.8. The fourth-order valence-electron chi connectivity index (χ4n) is 3.65. The number of pyridine rings is 1. The molecule has 5 nitrogen and oxygen atoms in total. The molecular weight excluding hydrogens is 345 g/mol.